The quantitative estimate of drug-likeness (QED) is 0.325. The summed E-state index contributed by atoms with van der Waals surface area (Å²) in [7, 11) is 0. The standard InChI is InChI=1S/C25H19F4NO4/c26-23-16(11-30)5-3-6-17(23)18-8-14(9-19-20(25(27,28)29)13-34-24(18)19)12-33-21-7-2-1-4-15(21)10-22(31)32/h1-9,13H,10-12,30H2,(H,31,32). The second kappa shape index (κ2) is 9.18. The first-order valence-electron chi connectivity index (χ1n) is 10.2. The predicted octanol–water partition coefficient (Wildman–Crippen LogP) is 5.92. The first kappa shape index (κ1) is 23.3. The van der Waals surface area contributed by atoms with E-state index in [1.807, 2.05) is 0 Å². The van der Waals surface area contributed by atoms with E-state index >= 15 is 4.39 Å². The number of hydrogen-bond donors (Lipinski definition) is 2. The van der Waals surface area contributed by atoms with Crippen LogP contribution in [0.3, 0.4) is 0 Å². The number of halogens is 4. The first-order valence-corrected chi connectivity index (χ1v) is 10.2. The second-order valence-corrected chi connectivity index (χ2v) is 7.62. The number of hydrogen-bond acceptors (Lipinski definition) is 4. The molecule has 176 valence electrons. The third kappa shape index (κ3) is 4.60. The van der Waals surface area contributed by atoms with Crippen molar-refractivity contribution in [3.63, 3.8) is 0 Å². The van der Waals surface area contributed by atoms with Gasteiger partial charge < -0.3 is 20.0 Å². The van der Waals surface area contributed by atoms with Crippen LogP contribution in [-0.2, 0) is 30.5 Å². The Kier molecular flexibility index (Phi) is 6.30. The van der Waals surface area contributed by atoms with Crippen LogP contribution in [0.4, 0.5) is 17.6 Å². The summed E-state index contributed by atoms with van der Waals surface area (Å²) in [5.41, 5.74) is 5.59. The van der Waals surface area contributed by atoms with Crippen molar-refractivity contribution in [3.8, 4) is 16.9 Å². The van der Waals surface area contributed by atoms with Gasteiger partial charge in [0.1, 0.15) is 35.6 Å². The molecule has 3 N–H and O–H groups in total. The number of furan rings is 1. The topological polar surface area (TPSA) is 85.7 Å². The van der Waals surface area contributed by atoms with Crippen molar-refractivity contribution in [1.82, 2.24) is 0 Å². The number of ether oxygens (including phenoxy) is 1. The Hall–Kier alpha value is -3.85. The minimum absolute atomic E-state index is 0.0455. The number of carboxylic acid groups (broad SMARTS) is 1. The van der Waals surface area contributed by atoms with E-state index in [4.69, 9.17) is 20.0 Å². The van der Waals surface area contributed by atoms with Crippen LogP contribution in [0.1, 0.15) is 22.3 Å². The van der Waals surface area contributed by atoms with Crippen molar-refractivity contribution in [2.24, 2.45) is 5.73 Å². The van der Waals surface area contributed by atoms with Crippen molar-refractivity contribution in [2.45, 2.75) is 25.7 Å². The van der Waals surface area contributed by atoms with E-state index in [0.29, 0.717) is 17.4 Å². The summed E-state index contributed by atoms with van der Waals surface area (Å²) in [5, 5.41) is 8.86. The molecular formula is C25H19F4NO4. The number of aliphatic carboxylic acids is 1. The third-order valence-electron chi connectivity index (χ3n) is 5.34. The Labute approximate surface area is 191 Å². The Bertz CT molecular complexity index is 1360. The molecule has 0 saturated heterocycles. The highest BCUT2D eigenvalue weighted by Crippen LogP contribution is 2.41. The van der Waals surface area contributed by atoms with Gasteiger partial charge in [-0.05, 0) is 23.8 Å². The van der Waals surface area contributed by atoms with Crippen LogP contribution in [0.5, 0.6) is 5.75 Å². The average molecular weight is 473 g/mol. The van der Waals surface area contributed by atoms with Crippen LogP contribution in [0.2, 0.25) is 0 Å². The van der Waals surface area contributed by atoms with E-state index in [1.54, 1.807) is 30.3 Å². The van der Waals surface area contributed by atoms with Crippen LogP contribution >= 0.6 is 0 Å². The lowest BCUT2D eigenvalue weighted by Crippen LogP contribution is -2.05. The first-order chi connectivity index (χ1) is 16.2. The van der Waals surface area contributed by atoms with Gasteiger partial charge in [-0.3, -0.25) is 4.79 Å². The normalized spacial score (nSPS) is 11.7. The van der Waals surface area contributed by atoms with E-state index in [-0.39, 0.29) is 53.0 Å². The summed E-state index contributed by atoms with van der Waals surface area (Å²) in [5.74, 6) is -1.42. The number of nitrogens with two attached hydrogens (primary N) is 1. The molecule has 0 aliphatic carbocycles. The molecule has 0 unspecified atom stereocenters. The highest BCUT2D eigenvalue weighted by molar-refractivity contribution is 5.95. The molecule has 1 aromatic heterocycles. The second-order valence-electron chi connectivity index (χ2n) is 7.62. The monoisotopic (exact) mass is 473 g/mol. The SMILES string of the molecule is NCc1cccc(-c2cc(COc3ccccc3CC(=O)O)cc3c(C(F)(F)F)coc23)c1F. The minimum atomic E-state index is -4.69. The third-order valence-corrected chi connectivity index (χ3v) is 5.34. The van der Waals surface area contributed by atoms with Crippen molar-refractivity contribution < 1.29 is 36.6 Å². The van der Waals surface area contributed by atoms with Gasteiger partial charge in [-0.2, -0.15) is 13.2 Å². The zero-order valence-corrected chi connectivity index (χ0v) is 17.7. The average Bonchev–Trinajstić information content (AvgIpc) is 3.22. The molecular weight excluding hydrogens is 454 g/mol. The summed E-state index contributed by atoms with van der Waals surface area (Å²) in [6.45, 7) is -0.266. The van der Waals surface area contributed by atoms with Crippen LogP contribution < -0.4 is 10.5 Å². The molecule has 0 atom stereocenters. The molecule has 0 spiro atoms. The summed E-state index contributed by atoms with van der Waals surface area (Å²) in [6, 6.07) is 13.7. The maximum Gasteiger partial charge on any atom is 0.420 e. The molecule has 1 heterocycles. The molecule has 0 aliphatic heterocycles. The van der Waals surface area contributed by atoms with Gasteiger partial charge in [0.15, 0.2) is 0 Å². The lowest BCUT2D eigenvalue weighted by molar-refractivity contribution is -0.137. The van der Waals surface area contributed by atoms with Gasteiger partial charge in [-0.25, -0.2) is 4.39 Å². The van der Waals surface area contributed by atoms with E-state index in [0.717, 1.165) is 0 Å². The number of carboxylic acids is 1. The molecule has 0 fully saturated rings. The molecule has 3 aromatic carbocycles. The van der Waals surface area contributed by atoms with Gasteiger partial charge in [-0.15, -0.1) is 0 Å². The molecule has 4 rings (SSSR count). The van der Waals surface area contributed by atoms with Gasteiger partial charge in [-0.1, -0.05) is 36.4 Å². The van der Waals surface area contributed by atoms with Gasteiger partial charge in [0.25, 0.3) is 0 Å². The molecule has 9 heteroatoms. The van der Waals surface area contributed by atoms with E-state index in [9.17, 15) is 18.0 Å². The Balaban J connectivity index is 1.82. The minimum Gasteiger partial charge on any atom is -0.489 e. The fourth-order valence-electron chi connectivity index (χ4n) is 3.76. The molecule has 0 bridgehead atoms. The van der Waals surface area contributed by atoms with Gasteiger partial charge >= 0.3 is 12.1 Å². The van der Waals surface area contributed by atoms with Gasteiger partial charge in [0, 0.05) is 34.2 Å². The fourth-order valence-corrected chi connectivity index (χ4v) is 3.76. The zero-order chi connectivity index (χ0) is 24.5. The lowest BCUT2D eigenvalue weighted by Gasteiger charge is -2.13. The Morgan fingerprint density at radius 2 is 1.76 bits per heavy atom. The van der Waals surface area contributed by atoms with Crippen LogP contribution in [-0.4, -0.2) is 11.1 Å². The molecule has 34 heavy (non-hydrogen) atoms. The van der Waals surface area contributed by atoms with E-state index < -0.39 is 23.5 Å². The van der Waals surface area contributed by atoms with E-state index in [1.165, 1.54) is 24.3 Å². The van der Waals surface area contributed by atoms with Crippen molar-refractivity contribution >= 4 is 16.9 Å². The van der Waals surface area contributed by atoms with Crippen molar-refractivity contribution in [3.05, 3.63) is 88.9 Å². The molecule has 0 saturated carbocycles. The fraction of sp³-hybridized carbons (Fsp3) is 0.160. The van der Waals surface area contributed by atoms with Gasteiger partial charge in [0.05, 0.1) is 6.42 Å². The Morgan fingerprint density at radius 1 is 1.03 bits per heavy atom. The van der Waals surface area contributed by atoms with Crippen molar-refractivity contribution in [1.29, 1.82) is 0 Å². The smallest absolute Gasteiger partial charge is 0.420 e. The van der Waals surface area contributed by atoms with Crippen LogP contribution in [0, 0.1) is 5.82 Å². The number of fused-ring (bicyclic) bond motifs is 1. The van der Waals surface area contributed by atoms with Crippen molar-refractivity contribution in [2.75, 3.05) is 0 Å². The maximum absolute atomic E-state index is 15.1. The molecule has 0 amide bonds. The number of rotatable bonds is 7. The molecule has 0 radical (unpaired) electrons. The maximum atomic E-state index is 15.1. The lowest BCUT2D eigenvalue weighted by atomic mass is 9.97. The summed E-state index contributed by atoms with van der Waals surface area (Å²) >= 11 is 0. The summed E-state index contributed by atoms with van der Waals surface area (Å²) < 4.78 is 66.9. The Morgan fingerprint density at radius 3 is 2.47 bits per heavy atom. The van der Waals surface area contributed by atoms with Gasteiger partial charge in [0.2, 0.25) is 0 Å². The largest absolute Gasteiger partial charge is 0.489 e. The number of alkyl halides is 3. The molecule has 0 aliphatic rings. The predicted molar refractivity (Wildman–Crippen MR) is 117 cm³/mol. The molecule has 4 aromatic rings. The molecule has 5 nitrogen and oxygen atoms in total. The van der Waals surface area contributed by atoms with Crippen LogP contribution in [0.25, 0.3) is 22.1 Å². The highest BCUT2D eigenvalue weighted by atomic mass is 19.4. The number of carbonyl (C=O) groups is 1. The zero-order valence-electron chi connectivity index (χ0n) is 17.7. The highest BCUT2D eigenvalue weighted by Gasteiger charge is 2.35. The number of benzene rings is 3. The summed E-state index contributed by atoms with van der Waals surface area (Å²) in [6.07, 6.45) is -4.36. The number of para-hydroxylation sites is 1. The van der Waals surface area contributed by atoms with E-state index in [2.05, 4.69) is 0 Å². The van der Waals surface area contributed by atoms with Crippen LogP contribution in [0.15, 0.2) is 65.3 Å². The summed E-state index contributed by atoms with van der Waals surface area (Å²) in [4.78, 5) is 11.1.